The Morgan fingerprint density at radius 2 is 2.20 bits per heavy atom. The zero-order chi connectivity index (χ0) is 11.3. The van der Waals surface area contributed by atoms with Gasteiger partial charge in [0.15, 0.2) is 0 Å². The minimum atomic E-state index is 0.499. The first kappa shape index (κ1) is 12.8. The molecule has 84 valence electrons. The lowest BCUT2D eigenvalue weighted by Gasteiger charge is -2.21. The summed E-state index contributed by atoms with van der Waals surface area (Å²) in [6.07, 6.45) is 4.47. The van der Waals surface area contributed by atoms with Gasteiger partial charge in [-0.1, -0.05) is 20.8 Å². The molecule has 4 heteroatoms. The molecule has 1 N–H and O–H groups in total. The Morgan fingerprint density at radius 1 is 1.47 bits per heavy atom. The summed E-state index contributed by atoms with van der Waals surface area (Å²) in [6.45, 7) is 7.62. The number of likely N-dealkylation sites (N-methyl/N-ethyl adjacent to an activating group) is 1. The Bertz CT molecular complexity index is 302. The number of hydrogen-bond donors (Lipinski definition) is 1. The third-order valence-electron chi connectivity index (χ3n) is 2.43. The highest BCUT2D eigenvalue weighted by Gasteiger charge is 2.14. The van der Waals surface area contributed by atoms with Gasteiger partial charge in [0.05, 0.1) is 9.26 Å². The van der Waals surface area contributed by atoms with Crippen LogP contribution in [-0.4, -0.2) is 22.6 Å². The quantitative estimate of drug-likeness (QED) is 0.846. The molecule has 0 aliphatic carbocycles. The summed E-state index contributed by atoms with van der Waals surface area (Å²) in [5.41, 5.74) is 1.14. The van der Waals surface area contributed by atoms with Gasteiger partial charge in [-0.15, -0.1) is 0 Å². The number of hydrogen-bond acceptors (Lipinski definition) is 3. The average molecular weight is 319 g/mol. The fourth-order valence-electron chi connectivity index (χ4n) is 1.50. The first-order valence-corrected chi connectivity index (χ1v) is 6.40. The van der Waals surface area contributed by atoms with E-state index in [1.165, 1.54) is 0 Å². The van der Waals surface area contributed by atoms with Crippen molar-refractivity contribution < 1.29 is 0 Å². The molecule has 0 fully saturated rings. The van der Waals surface area contributed by atoms with Gasteiger partial charge in [-0.05, 0) is 35.1 Å². The van der Waals surface area contributed by atoms with E-state index < -0.39 is 0 Å². The topological polar surface area (TPSA) is 37.8 Å². The maximum atomic E-state index is 4.32. The van der Waals surface area contributed by atoms with Gasteiger partial charge in [-0.25, -0.2) is 9.97 Å². The SMILES string of the molecule is CCNC(Cc1ncncc1I)C(C)C. The molecule has 15 heavy (non-hydrogen) atoms. The maximum absolute atomic E-state index is 4.32. The van der Waals surface area contributed by atoms with E-state index in [1.54, 1.807) is 6.33 Å². The molecule has 1 aromatic rings. The zero-order valence-electron chi connectivity index (χ0n) is 9.50. The van der Waals surface area contributed by atoms with Crippen molar-refractivity contribution in [3.8, 4) is 0 Å². The van der Waals surface area contributed by atoms with Crippen LogP contribution in [0.3, 0.4) is 0 Å². The van der Waals surface area contributed by atoms with E-state index in [0.717, 1.165) is 22.2 Å². The number of aromatic nitrogens is 2. The van der Waals surface area contributed by atoms with E-state index in [1.807, 2.05) is 6.20 Å². The monoisotopic (exact) mass is 319 g/mol. The first-order chi connectivity index (χ1) is 7.15. The summed E-state index contributed by atoms with van der Waals surface area (Å²) in [5.74, 6) is 0.621. The van der Waals surface area contributed by atoms with Crippen molar-refractivity contribution in [2.75, 3.05) is 6.54 Å². The van der Waals surface area contributed by atoms with E-state index >= 15 is 0 Å². The molecule has 0 bridgehead atoms. The highest BCUT2D eigenvalue weighted by Crippen LogP contribution is 2.13. The molecule has 0 spiro atoms. The third-order valence-corrected chi connectivity index (χ3v) is 3.33. The van der Waals surface area contributed by atoms with Gasteiger partial charge in [0.2, 0.25) is 0 Å². The van der Waals surface area contributed by atoms with Gasteiger partial charge >= 0.3 is 0 Å². The molecular weight excluding hydrogens is 301 g/mol. The van der Waals surface area contributed by atoms with E-state index in [-0.39, 0.29) is 0 Å². The molecule has 1 rings (SSSR count). The zero-order valence-corrected chi connectivity index (χ0v) is 11.7. The lowest BCUT2D eigenvalue weighted by Crippen LogP contribution is -2.36. The largest absolute Gasteiger partial charge is 0.314 e. The van der Waals surface area contributed by atoms with Crippen molar-refractivity contribution in [2.45, 2.75) is 33.2 Å². The summed E-state index contributed by atoms with van der Waals surface area (Å²) in [4.78, 5) is 8.33. The molecule has 3 nitrogen and oxygen atoms in total. The molecule has 1 unspecified atom stereocenters. The number of rotatable bonds is 5. The summed E-state index contributed by atoms with van der Waals surface area (Å²) in [6, 6.07) is 0.499. The Morgan fingerprint density at radius 3 is 2.73 bits per heavy atom. The van der Waals surface area contributed by atoms with Crippen LogP contribution in [0.5, 0.6) is 0 Å². The van der Waals surface area contributed by atoms with E-state index in [9.17, 15) is 0 Å². The second kappa shape index (κ2) is 6.37. The van der Waals surface area contributed by atoms with Gasteiger partial charge in [0.1, 0.15) is 6.33 Å². The highest BCUT2D eigenvalue weighted by molar-refractivity contribution is 14.1. The predicted molar refractivity (Wildman–Crippen MR) is 70.8 cm³/mol. The Balaban J connectivity index is 2.69. The fraction of sp³-hybridized carbons (Fsp3) is 0.636. The third kappa shape index (κ3) is 4.03. The molecule has 0 aliphatic rings. The molecule has 0 radical (unpaired) electrons. The van der Waals surface area contributed by atoms with Crippen molar-refractivity contribution in [1.29, 1.82) is 0 Å². The molecule has 0 saturated heterocycles. The summed E-state index contributed by atoms with van der Waals surface area (Å²) in [5, 5.41) is 3.49. The molecule has 0 aromatic carbocycles. The minimum absolute atomic E-state index is 0.499. The number of nitrogens with zero attached hydrogens (tertiary/aromatic N) is 2. The van der Waals surface area contributed by atoms with Crippen LogP contribution in [0, 0.1) is 9.49 Å². The van der Waals surface area contributed by atoms with Crippen molar-refractivity contribution in [3.05, 3.63) is 21.8 Å². The average Bonchev–Trinajstić information content (AvgIpc) is 2.20. The Kier molecular flexibility index (Phi) is 5.45. The first-order valence-electron chi connectivity index (χ1n) is 5.33. The molecule has 1 atom stereocenters. The lowest BCUT2D eigenvalue weighted by molar-refractivity contribution is 0.401. The number of nitrogens with one attached hydrogen (secondary N) is 1. The van der Waals surface area contributed by atoms with Crippen molar-refractivity contribution >= 4 is 22.6 Å². The molecule has 0 aliphatic heterocycles. The van der Waals surface area contributed by atoms with Crippen LogP contribution in [0.4, 0.5) is 0 Å². The second-order valence-corrected chi connectivity index (χ2v) is 5.09. The Hall–Kier alpha value is -0.230. The lowest BCUT2D eigenvalue weighted by atomic mass is 9.99. The van der Waals surface area contributed by atoms with Gasteiger partial charge in [-0.2, -0.15) is 0 Å². The van der Waals surface area contributed by atoms with Crippen LogP contribution in [0.1, 0.15) is 26.5 Å². The van der Waals surface area contributed by atoms with Crippen LogP contribution < -0.4 is 5.32 Å². The maximum Gasteiger partial charge on any atom is 0.115 e. The molecule has 1 aromatic heterocycles. The van der Waals surface area contributed by atoms with Crippen molar-refractivity contribution in [2.24, 2.45) is 5.92 Å². The summed E-state index contributed by atoms with van der Waals surface area (Å²) >= 11 is 2.29. The van der Waals surface area contributed by atoms with E-state index in [4.69, 9.17) is 0 Å². The Labute approximate surface area is 105 Å². The molecule has 0 saturated carbocycles. The van der Waals surface area contributed by atoms with Gasteiger partial charge in [0, 0.05) is 18.7 Å². The minimum Gasteiger partial charge on any atom is -0.314 e. The second-order valence-electron chi connectivity index (χ2n) is 3.93. The molecular formula is C11H18IN3. The summed E-state index contributed by atoms with van der Waals surface area (Å²) < 4.78 is 1.15. The molecule has 1 heterocycles. The standard InChI is InChI=1S/C11H18IN3/c1-4-14-10(8(2)3)5-11-9(12)6-13-7-15-11/h6-8,10,14H,4-5H2,1-3H3. The number of halogens is 1. The van der Waals surface area contributed by atoms with Gasteiger partial charge in [0.25, 0.3) is 0 Å². The van der Waals surface area contributed by atoms with Crippen molar-refractivity contribution in [3.63, 3.8) is 0 Å². The molecule has 0 amide bonds. The van der Waals surface area contributed by atoms with Gasteiger partial charge in [-0.3, -0.25) is 0 Å². The van der Waals surface area contributed by atoms with Crippen molar-refractivity contribution in [1.82, 2.24) is 15.3 Å². The smallest absolute Gasteiger partial charge is 0.115 e. The van der Waals surface area contributed by atoms with Gasteiger partial charge < -0.3 is 5.32 Å². The van der Waals surface area contributed by atoms with E-state index in [0.29, 0.717) is 12.0 Å². The summed E-state index contributed by atoms with van der Waals surface area (Å²) in [7, 11) is 0. The normalized spacial score (nSPS) is 13.1. The fourth-order valence-corrected chi connectivity index (χ4v) is 2.02. The van der Waals surface area contributed by atoms with Crippen LogP contribution in [0.25, 0.3) is 0 Å². The van der Waals surface area contributed by atoms with Crippen LogP contribution in [0.2, 0.25) is 0 Å². The van der Waals surface area contributed by atoms with Crippen LogP contribution in [-0.2, 0) is 6.42 Å². The van der Waals surface area contributed by atoms with E-state index in [2.05, 4.69) is 58.6 Å². The predicted octanol–water partition coefficient (Wildman–Crippen LogP) is 2.26. The highest BCUT2D eigenvalue weighted by atomic mass is 127. The van der Waals surface area contributed by atoms with Crippen LogP contribution >= 0.6 is 22.6 Å². The van der Waals surface area contributed by atoms with Crippen LogP contribution in [0.15, 0.2) is 12.5 Å².